The molecule has 1 atom stereocenters. The van der Waals surface area contributed by atoms with E-state index in [9.17, 15) is 4.79 Å². The summed E-state index contributed by atoms with van der Waals surface area (Å²) in [6, 6.07) is -0.406. The molecule has 1 heterocycles. The highest BCUT2D eigenvalue weighted by molar-refractivity contribution is 5.81. The molecule has 0 aliphatic heterocycles. The summed E-state index contributed by atoms with van der Waals surface area (Å²) in [5, 5.41) is 2.80. The largest absolute Gasteiger partial charge is 0.354 e. The van der Waals surface area contributed by atoms with Crippen molar-refractivity contribution in [2.45, 2.75) is 32.7 Å². The van der Waals surface area contributed by atoms with Gasteiger partial charge in [-0.3, -0.25) is 4.79 Å². The fourth-order valence-electron chi connectivity index (χ4n) is 1.48. The van der Waals surface area contributed by atoms with Gasteiger partial charge in [0.15, 0.2) is 0 Å². The summed E-state index contributed by atoms with van der Waals surface area (Å²) < 4.78 is 0. The minimum atomic E-state index is -0.406. The van der Waals surface area contributed by atoms with Crippen LogP contribution in [-0.4, -0.2) is 28.5 Å². The standard InChI is InChI=1S/C11H20N4O/c1-8(2)7-9(12)11(16)15-4-3-10-13-5-6-14-10/h5-6,8-9H,3-4,7,12H2,1-2H3,(H,13,14)(H,15,16)/t9-/m0/s1. The number of rotatable bonds is 6. The number of amides is 1. The van der Waals surface area contributed by atoms with Gasteiger partial charge in [-0.05, 0) is 12.3 Å². The van der Waals surface area contributed by atoms with Gasteiger partial charge in [0.2, 0.25) is 5.91 Å². The quantitative estimate of drug-likeness (QED) is 0.655. The highest BCUT2D eigenvalue weighted by Crippen LogP contribution is 2.02. The molecule has 4 N–H and O–H groups in total. The van der Waals surface area contributed by atoms with Gasteiger partial charge in [0.25, 0.3) is 0 Å². The van der Waals surface area contributed by atoms with Crippen LogP contribution in [0.3, 0.4) is 0 Å². The number of nitrogens with one attached hydrogen (secondary N) is 2. The fourth-order valence-corrected chi connectivity index (χ4v) is 1.48. The summed E-state index contributed by atoms with van der Waals surface area (Å²) >= 11 is 0. The van der Waals surface area contributed by atoms with Gasteiger partial charge in [0.1, 0.15) is 5.82 Å². The molecular formula is C11H20N4O. The molecule has 1 amide bonds. The number of nitrogens with zero attached hydrogens (tertiary/aromatic N) is 1. The number of hydrogen-bond acceptors (Lipinski definition) is 3. The molecule has 0 saturated heterocycles. The van der Waals surface area contributed by atoms with Gasteiger partial charge in [-0.15, -0.1) is 0 Å². The first-order chi connectivity index (χ1) is 7.59. The first kappa shape index (κ1) is 12.7. The van der Waals surface area contributed by atoms with Crippen molar-refractivity contribution < 1.29 is 4.79 Å². The van der Waals surface area contributed by atoms with Crippen LogP contribution in [0.1, 0.15) is 26.1 Å². The van der Waals surface area contributed by atoms with Gasteiger partial charge < -0.3 is 16.0 Å². The number of carbonyl (C=O) groups is 1. The molecule has 1 aromatic heterocycles. The molecule has 16 heavy (non-hydrogen) atoms. The Morgan fingerprint density at radius 3 is 2.94 bits per heavy atom. The Labute approximate surface area is 95.8 Å². The normalized spacial score (nSPS) is 12.8. The second-order valence-corrected chi connectivity index (χ2v) is 4.31. The van der Waals surface area contributed by atoms with Crippen LogP contribution in [0.15, 0.2) is 12.4 Å². The Kier molecular flexibility index (Phi) is 4.98. The van der Waals surface area contributed by atoms with Crippen LogP contribution >= 0.6 is 0 Å². The van der Waals surface area contributed by atoms with Crippen LogP contribution in [0.5, 0.6) is 0 Å². The Hall–Kier alpha value is -1.36. The molecule has 90 valence electrons. The highest BCUT2D eigenvalue weighted by Gasteiger charge is 2.14. The van der Waals surface area contributed by atoms with E-state index in [1.165, 1.54) is 0 Å². The maximum absolute atomic E-state index is 11.5. The summed E-state index contributed by atoms with van der Waals surface area (Å²) in [5.41, 5.74) is 5.74. The number of imidazole rings is 1. The first-order valence-corrected chi connectivity index (χ1v) is 5.61. The molecule has 0 aromatic carbocycles. The third-order valence-corrected chi connectivity index (χ3v) is 2.28. The van der Waals surface area contributed by atoms with Crippen molar-refractivity contribution in [3.05, 3.63) is 18.2 Å². The zero-order valence-corrected chi connectivity index (χ0v) is 9.86. The smallest absolute Gasteiger partial charge is 0.236 e. The van der Waals surface area contributed by atoms with Crippen LogP contribution in [0.2, 0.25) is 0 Å². The van der Waals surface area contributed by atoms with Gasteiger partial charge in [-0.2, -0.15) is 0 Å². The van der Waals surface area contributed by atoms with Gasteiger partial charge in [0, 0.05) is 25.4 Å². The number of H-pyrrole nitrogens is 1. The molecular weight excluding hydrogens is 204 g/mol. The van der Waals surface area contributed by atoms with Gasteiger partial charge >= 0.3 is 0 Å². The van der Waals surface area contributed by atoms with E-state index in [0.29, 0.717) is 25.3 Å². The molecule has 0 spiro atoms. The summed E-state index contributed by atoms with van der Waals surface area (Å²) in [4.78, 5) is 18.6. The number of aromatic nitrogens is 2. The van der Waals surface area contributed by atoms with E-state index in [1.54, 1.807) is 12.4 Å². The third-order valence-electron chi connectivity index (χ3n) is 2.28. The summed E-state index contributed by atoms with van der Waals surface area (Å²) in [7, 11) is 0. The molecule has 5 nitrogen and oxygen atoms in total. The molecule has 1 aromatic rings. The third kappa shape index (κ3) is 4.44. The van der Waals surface area contributed by atoms with Gasteiger partial charge in [-0.25, -0.2) is 4.98 Å². The Balaban J connectivity index is 2.19. The molecule has 0 fully saturated rings. The van der Waals surface area contributed by atoms with E-state index in [1.807, 2.05) is 0 Å². The van der Waals surface area contributed by atoms with Gasteiger partial charge in [0.05, 0.1) is 6.04 Å². The zero-order valence-electron chi connectivity index (χ0n) is 9.86. The van der Waals surface area contributed by atoms with E-state index >= 15 is 0 Å². The second-order valence-electron chi connectivity index (χ2n) is 4.31. The average Bonchev–Trinajstić information content (AvgIpc) is 2.69. The van der Waals surface area contributed by atoms with Crippen LogP contribution in [0.25, 0.3) is 0 Å². The minimum Gasteiger partial charge on any atom is -0.354 e. The van der Waals surface area contributed by atoms with Crippen LogP contribution in [0.4, 0.5) is 0 Å². The lowest BCUT2D eigenvalue weighted by molar-refractivity contribution is -0.122. The SMILES string of the molecule is CC(C)C[C@H](N)C(=O)NCCc1ncc[nH]1. The monoisotopic (exact) mass is 224 g/mol. The number of nitrogens with two attached hydrogens (primary N) is 1. The fraction of sp³-hybridized carbons (Fsp3) is 0.636. The van der Waals surface area contributed by atoms with Crippen molar-refractivity contribution in [1.82, 2.24) is 15.3 Å². The number of carbonyl (C=O) groups excluding carboxylic acids is 1. The predicted octanol–water partition coefficient (Wildman–Crippen LogP) is 0.442. The molecule has 0 bridgehead atoms. The van der Waals surface area contributed by atoms with Crippen molar-refractivity contribution >= 4 is 5.91 Å². The highest BCUT2D eigenvalue weighted by atomic mass is 16.2. The molecule has 5 heteroatoms. The maximum atomic E-state index is 11.5. The Morgan fingerprint density at radius 1 is 1.62 bits per heavy atom. The maximum Gasteiger partial charge on any atom is 0.236 e. The van der Waals surface area contributed by atoms with E-state index < -0.39 is 6.04 Å². The predicted molar refractivity (Wildman–Crippen MR) is 62.7 cm³/mol. The van der Waals surface area contributed by atoms with E-state index in [4.69, 9.17) is 5.73 Å². The van der Waals surface area contributed by atoms with Crippen LogP contribution in [-0.2, 0) is 11.2 Å². The molecule has 1 rings (SSSR count). The lowest BCUT2D eigenvalue weighted by Gasteiger charge is -2.13. The van der Waals surface area contributed by atoms with Crippen molar-refractivity contribution in [2.24, 2.45) is 11.7 Å². The van der Waals surface area contributed by atoms with E-state index in [2.05, 4.69) is 29.1 Å². The van der Waals surface area contributed by atoms with E-state index in [-0.39, 0.29) is 5.91 Å². The lowest BCUT2D eigenvalue weighted by atomic mass is 10.0. The zero-order chi connectivity index (χ0) is 12.0. The summed E-state index contributed by atoms with van der Waals surface area (Å²) in [6.45, 7) is 4.67. The second kappa shape index (κ2) is 6.27. The molecule has 0 aliphatic carbocycles. The molecule has 0 saturated carbocycles. The van der Waals surface area contributed by atoms with Crippen molar-refractivity contribution in [1.29, 1.82) is 0 Å². The Bertz CT molecular complexity index is 308. The number of hydrogen-bond donors (Lipinski definition) is 3. The van der Waals surface area contributed by atoms with Crippen LogP contribution < -0.4 is 11.1 Å². The van der Waals surface area contributed by atoms with Crippen molar-refractivity contribution in [3.8, 4) is 0 Å². The van der Waals surface area contributed by atoms with Crippen molar-refractivity contribution in [2.75, 3.05) is 6.54 Å². The topological polar surface area (TPSA) is 83.8 Å². The Morgan fingerprint density at radius 2 is 2.38 bits per heavy atom. The summed E-state index contributed by atoms with van der Waals surface area (Å²) in [5.74, 6) is 1.23. The van der Waals surface area contributed by atoms with Crippen molar-refractivity contribution in [3.63, 3.8) is 0 Å². The van der Waals surface area contributed by atoms with E-state index in [0.717, 1.165) is 5.82 Å². The average molecular weight is 224 g/mol. The van der Waals surface area contributed by atoms with Crippen LogP contribution in [0, 0.1) is 5.92 Å². The lowest BCUT2D eigenvalue weighted by Crippen LogP contribution is -2.42. The number of aromatic amines is 1. The first-order valence-electron chi connectivity index (χ1n) is 5.61. The summed E-state index contributed by atoms with van der Waals surface area (Å²) in [6.07, 6.45) is 4.88. The molecule has 0 unspecified atom stereocenters. The minimum absolute atomic E-state index is 0.0831. The van der Waals surface area contributed by atoms with Gasteiger partial charge in [-0.1, -0.05) is 13.8 Å². The molecule has 0 radical (unpaired) electrons. The molecule has 0 aliphatic rings.